The molecule has 0 spiro atoms. The first-order valence-electron chi connectivity index (χ1n) is 8.73. The quantitative estimate of drug-likeness (QED) is 0.827. The first-order chi connectivity index (χ1) is 12.9. The fourth-order valence-corrected chi connectivity index (χ4v) is 4.77. The van der Waals surface area contributed by atoms with Crippen molar-refractivity contribution in [1.29, 1.82) is 0 Å². The predicted molar refractivity (Wildman–Crippen MR) is 106 cm³/mol. The van der Waals surface area contributed by atoms with Crippen LogP contribution >= 0.6 is 11.6 Å². The van der Waals surface area contributed by atoms with Crippen molar-refractivity contribution in [3.05, 3.63) is 59.6 Å². The number of para-hydroxylation sites is 1. The number of benzene rings is 2. The molecule has 8 heteroatoms. The first kappa shape index (κ1) is 19.8. The van der Waals surface area contributed by atoms with Gasteiger partial charge in [-0.25, -0.2) is 8.42 Å². The van der Waals surface area contributed by atoms with Gasteiger partial charge in [-0.05, 0) is 37.3 Å². The summed E-state index contributed by atoms with van der Waals surface area (Å²) in [6.45, 7) is 3.47. The van der Waals surface area contributed by atoms with Gasteiger partial charge in [-0.3, -0.25) is 9.69 Å². The lowest BCUT2D eigenvalue weighted by Crippen LogP contribution is -2.53. The maximum atomic E-state index is 12.8. The number of hydrogen-bond acceptors (Lipinski definition) is 4. The number of nitrogens with one attached hydrogen (secondary N) is 1. The van der Waals surface area contributed by atoms with Crippen LogP contribution in [0.25, 0.3) is 0 Å². The molecule has 2 aromatic rings. The molecule has 1 aliphatic heterocycles. The average molecular weight is 408 g/mol. The summed E-state index contributed by atoms with van der Waals surface area (Å²) in [5.41, 5.74) is 0.747. The Bertz CT molecular complexity index is 897. The van der Waals surface area contributed by atoms with Gasteiger partial charge in [0.05, 0.1) is 10.9 Å². The fraction of sp³-hybridized carbons (Fsp3) is 0.316. The second kappa shape index (κ2) is 8.39. The minimum absolute atomic E-state index is 0.104. The molecule has 2 aromatic carbocycles. The normalized spacial score (nSPS) is 17.4. The van der Waals surface area contributed by atoms with E-state index >= 15 is 0 Å². The number of carbonyl (C=O) groups is 1. The Hall–Kier alpha value is -1.93. The molecule has 0 radical (unpaired) electrons. The molecule has 6 nitrogen and oxygen atoms in total. The second-order valence-corrected chi connectivity index (χ2v) is 8.80. The summed E-state index contributed by atoms with van der Waals surface area (Å²) in [6.07, 6.45) is 0. The van der Waals surface area contributed by atoms with Crippen molar-refractivity contribution in [2.75, 3.05) is 31.5 Å². The van der Waals surface area contributed by atoms with Crippen LogP contribution in [0.5, 0.6) is 0 Å². The van der Waals surface area contributed by atoms with Gasteiger partial charge in [-0.15, -0.1) is 0 Å². The SMILES string of the molecule is CC(C(=O)Nc1ccccc1)N1CCN(S(=O)(=O)c2cccc(Cl)c2)CC1. The molecule has 0 bridgehead atoms. The van der Waals surface area contributed by atoms with Gasteiger partial charge in [0.2, 0.25) is 15.9 Å². The smallest absolute Gasteiger partial charge is 0.243 e. The maximum absolute atomic E-state index is 12.8. The monoisotopic (exact) mass is 407 g/mol. The largest absolute Gasteiger partial charge is 0.325 e. The van der Waals surface area contributed by atoms with E-state index in [0.29, 0.717) is 31.2 Å². The van der Waals surface area contributed by atoms with Crippen molar-refractivity contribution < 1.29 is 13.2 Å². The number of amides is 1. The molecule has 1 aliphatic rings. The van der Waals surface area contributed by atoms with E-state index in [2.05, 4.69) is 5.32 Å². The minimum Gasteiger partial charge on any atom is -0.325 e. The van der Waals surface area contributed by atoms with Crippen LogP contribution in [0.15, 0.2) is 59.5 Å². The van der Waals surface area contributed by atoms with Crippen LogP contribution < -0.4 is 5.32 Å². The Kier molecular flexibility index (Phi) is 6.16. The van der Waals surface area contributed by atoms with Crippen LogP contribution in [0, 0.1) is 0 Å². The highest BCUT2D eigenvalue weighted by Crippen LogP contribution is 2.21. The number of carbonyl (C=O) groups excluding carboxylic acids is 1. The van der Waals surface area contributed by atoms with E-state index in [1.54, 1.807) is 18.2 Å². The molecule has 1 unspecified atom stereocenters. The topological polar surface area (TPSA) is 69.7 Å². The molecule has 1 amide bonds. The third-order valence-electron chi connectivity index (χ3n) is 4.68. The van der Waals surface area contributed by atoms with E-state index in [0.717, 1.165) is 5.69 Å². The molecule has 27 heavy (non-hydrogen) atoms. The van der Waals surface area contributed by atoms with Crippen LogP contribution in [0.1, 0.15) is 6.92 Å². The Morgan fingerprint density at radius 1 is 1.04 bits per heavy atom. The lowest BCUT2D eigenvalue weighted by atomic mass is 10.2. The van der Waals surface area contributed by atoms with E-state index in [1.807, 2.05) is 42.2 Å². The van der Waals surface area contributed by atoms with Gasteiger partial charge in [0, 0.05) is 36.9 Å². The maximum Gasteiger partial charge on any atom is 0.243 e. The van der Waals surface area contributed by atoms with Crippen molar-refractivity contribution in [1.82, 2.24) is 9.21 Å². The van der Waals surface area contributed by atoms with Gasteiger partial charge in [-0.2, -0.15) is 4.31 Å². The zero-order valence-corrected chi connectivity index (χ0v) is 16.6. The Balaban J connectivity index is 1.60. The highest BCUT2D eigenvalue weighted by Gasteiger charge is 2.31. The van der Waals surface area contributed by atoms with Gasteiger partial charge in [0.25, 0.3) is 0 Å². The Morgan fingerprint density at radius 3 is 2.33 bits per heavy atom. The molecule has 0 aromatic heterocycles. The standard InChI is InChI=1S/C19H22ClN3O3S/c1-15(19(24)21-17-7-3-2-4-8-17)22-10-12-23(13-11-22)27(25,26)18-9-5-6-16(20)14-18/h2-9,14-15H,10-13H2,1H3,(H,21,24). The van der Waals surface area contributed by atoms with Crippen LogP contribution in [0.2, 0.25) is 5.02 Å². The van der Waals surface area contributed by atoms with Gasteiger partial charge in [-0.1, -0.05) is 35.9 Å². The summed E-state index contributed by atoms with van der Waals surface area (Å²) in [5.74, 6) is -0.104. The number of nitrogens with zero attached hydrogens (tertiary/aromatic N) is 2. The number of sulfonamides is 1. The van der Waals surface area contributed by atoms with E-state index in [9.17, 15) is 13.2 Å². The second-order valence-electron chi connectivity index (χ2n) is 6.43. The zero-order valence-electron chi connectivity index (χ0n) is 15.0. The van der Waals surface area contributed by atoms with Crippen molar-refractivity contribution in [3.63, 3.8) is 0 Å². The highest BCUT2D eigenvalue weighted by atomic mass is 35.5. The highest BCUT2D eigenvalue weighted by molar-refractivity contribution is 7.89. The van der Waals surface area contributed by atoms with Crippen molar-refractivity contribution in [2.45, 2.75) is 17.9 Å². The Labute approximate surface area is 164 Å². The van der Waals surface area contributed by atoms with Crippen LogP contribution in [0.3, 0.4) is 0 Å². The molecular formula is C19H22ClN3O3S. The lowest BCUT2D eigenvalue weighted by molar-refractivity contribution is -0.121. The first-order valence-corrected chi connectivity index (χ1v) is 10.6. The molecule has 3 rings (SSSR count). The summed E-state index contributed by atoms with van der Waals surface area (Å²) in [6, 6.07) is 15.2. The number of hydrogen-bond donors (Lipinski definition) is 1. The van der Waals surface area contributed by atoms with Gasteiger partial charge >= 0.3 is 0 Å². The zero-order chi connectivity index (χ0) is 19.4. The summed E-state index contributed by atoms with van der Waals surface area (Å²) >= 11 is 5.92. The molecular weight excluding hydrogens is 386 g/mol. The molecule has 1 saturated heterocycles. The lowest BCUT2D eigenvalue weighted by Gasteiger charge is -2.36. The van der Waals surface area contributed by atoms with Crippen LogP contribution in [-0.2, 0) is 14.8 Å². The average Bonchev–Trinajstić information content (AvgIpc) is 2.68. The van der Waals surface area contributed by atoms with Gasteiger partial charge in [0.15, 0.2) is 0 Å². The number of halogens is 1. The molecule has 1 atom stereocenters. The van der Waals surface area contributed by atoms with Crippen LogP contribution in [0.4, 0.5) is 5.69 Å². The summed E-state index contributed by atoms with van der Waals surface area (Å²) in [5, 5.41) is 3.28. The Morgan fingerprint density at radius 2 is 1.70 bits per heavy atom. The summed E-state index contributed by atoms with van der Waals surface area (Å²) < 4.78 is 27.0. The number of anilines is 1. The molecule has 0 aliphatic carbocycles. The summed E-state index contributed by atoms with van der Waals surface area (Å²) in [4.78, 5) is 14.6. The third-order valence-corrected chi connectivity index (χ3v) is 6.81. The molecule has 1 fully saturated rings. The predicted octanol–water partition coefficient (Wildman–Crippen LogP) is 2.67. The van der Waals surface area contributed by atoms with Gasteiger partial charge < -0.3 is 5.32 Å². The van der Waals surface area contributed by atoms with E-state index < -0.39 is 10.0 Å². The van der Waals surface area contributed by atoms with Crippen molar-refractivity contribution in [2.24, 2.45) is 0 Å². The van der Waals surface area contributed by atoms with E-state index in [-0.39, 0.29) is 16.8 Å². The van der Waals surface area contributed by atoms with Gasteiger partial charge in [0.1, 0.15) is 0 Å². The third kappa shape index (κ3) is 4.68. The van der Waals surface area contributed by atoms with Crippen LogP contribution in [-0.4, -0.2) is 55.8 Å². The molecule has 0 saturated carbocycles. The number of rotatable bonds is 5. The molecule has 1 N–H and O–H groups in total. The van der Waals surface area contributed by atoms with E-state index in [1.165, 1.54) is 10.4 Å². The number of piperazine rings is 1. The molecule has 144 valence electrons. The van der Waals surface area contributed by atoms with Crippen molar-refractivity contribution >= 4 is 33.2 Å². The fourth-order valence-electron chi connectivity index (χ4n) is 3.04. The van der Waals surface area contributed by atoms with Crippen molar-refractivity contribution in [3.8, 4) is 0 Å². The summed E-state index contributed by atoms with van der Waals surface area (Å²) in [7, 11) is -3.58. The minimum atomic E-state index is -3.58. The molecule has 1 heterocycles. The van der Waals surface area contributed by atoms with E-state index in [4.69, 9.17) is 11.6 Å².